The van der Waals surface area contributed by atoms with E-state index in [2.05, 4.69) is 22.2 Å². The molecule has 3 aromatic heterocycles. The fourth-order valence-corrected chi connectivity index (χ4v) is 4.10. The third-order valence-corrected chi connectivity index (χ3v) is 5.87. The number of hydrogen-bond acceptors (Lipinski definition) is 3. The van der Waals surface area contributed by atoms with E-state index in [1.165, 1.54) is 5.56 Å². The lowest BCUT2D eigenvalue weighted by Gasteiger charge is -2.06. The Morgan fingerprint density at radius 1 is 1.14 bits per heavy atom. The van der Waals surface area contributed by atoms with Crippen LogP contribution in [0.5, 0.6) is 0 Å². The highest BCUT2D eigenvalue weighted by Gasteiger charge is 2.11. The molecule has 1 amide bonds. The molecule has 2 N–H and O–H groups in total. The molecule has 0 atom stereocenters. The molecule has 0 fully saturated rings. The summed E-state index contributed by atoms with van der Waals surface area (Å²) in [7, 11) is 0. The summed E-state index contributed by atoms with van der Waals surface area (Å²) in [6.07, 6.45) is 4.01. The molecular formula is C22H18N4OS. The van der Waals surface area contributed by atoms with Gasteiger partial charge < -0.3 is 10.3 Å². The summed E-state index contributed by atoms with van der Waals surface area (Å²) in [6.45, 7) is 4.11. The van der Waals surface area contributed by atoms with Crippen LogP contribution in [-0.2, 0) is 0 Å². The van der Waals surface area contributed by atoms with Crippen LogP contribution in [0.25, 0.3) is 27.1 Å². The van der Waals surface area contributed by atoms with Gasteiger partial charge >= 0.3 is 0 Å². The van der Waals surface area contributed by atoms with E-state index >= 15 is 0 Å². The Morgan fingerprint density at radius 3 is 2.75 bits per heavy atom. The van der Waals surface area contributed by atoms with E-state index in [1.54, 1.807) is 11.3 Å². The van der Waals surface area contributed by atoms with Crippen LogP contribution in [0, 0.1) is 13.8 Å². The highest BCUT2D eigenvalue weighted by Crippen LogP contribution is 2.25. The summed E-state index contributed by atoms with van der Waals surface area (Å²) >= 11 is 1.61. The van der Waals surface area contributed by atoms with Crippen molar-refractivity contribution in [2.45, 2.75) is 13.8 Å². The smallest absolute Gasteiger partial charge is 0.255 e. The number of anilines is 1. The zero-order valence-corrected chi connectivity index (χ0v) is 16.3. The second kappa shape index (κ2) is 6.35. The second-order valence-corrected chi connectivity index (χ2v) is 7.76. The molecule has 0 saturated carbocycles. The maximum atomic E-state index is 12.7. The van der Waals surface area contributed by atoms with Gasteiger partial charge in [-0.3, -0.25) is 9.20 Å². The number of carbonyl (C=O) groups is 1. The molecule has 5 rings (SSSR count). The van der Waals surface area contributed by atoms with Crippen molar-refractivity contribution in [3.8, 4) is 11.3 Å². The van der Waals surface area contributed by atoms with E-state index in [-0.39, 0.29) is 5.91 Å². The van der Waals surface area contributed by atoms with E-state index in [0.717, 1.165) is 38.5 Å². The minimum atomic E-state index is -0.115. The summed E-state index contributed by atoms with van der Waals surface area (Å²) in [6, 6.07) is 13.5. The van der Waals surface area contributed by atoms with Crippen LogP contribution < -0.4 is 5.32 Å². The molecule has 0 bridgehead atoms. The Kier molecular flexibility index (Phi) is 3.80. The molecule has 0 spiro atoms. The minimum Gasteiger partial charge on any atom is -0.358 e. The first-order chi connectivity index (χ1) is 13.6. The van der Waals surface area contributed by atoms with Gasteiger partial charge in [0.15, 0.2) is 4.96 Å². The van der Waals surface area contributed by atoms with Crippen LogP contribution in [0.1, 0.15) is 21.6 Å². The lowest BCUT2D eigenvalue weighted by atomic mass is 10.1. The summed E-state index contributed by atoms with van der Waals surface area (Å²) in [4.78, 5) is 21.6. The van der Waals surface area contributed by atoms with Crippen molar-refractivity contribution in [2.75, 3.05) is 5.32 Å². The average Bonchev–Trinajstić information content (AvgIpc) is 3.37. The van der Waals surface area contributed by atoms with Gasteiger partial charge in [0, 0.05) is 51.2 Å². The van der Waals surface area contributed by atoms with Crippen molar-refractivity contribution in [1.82, 2.24) is 14.4 Å². The average molecular weight is 386 g/mol. The number of aromatic nitrogens is 3. The molecule has 138 valence electrons. The van der Waals surface area contributed by atoms with Gasteiger partial charge in [-0.15, -0.1) is 11.3 Å². The Hall–Kier alpha value is -3.38. The summed E-state index contributed by atoms with van der Waals surface area (Å²) in [5, 5.41) is 6.07. The van der Waals surface area contributed by atoms with Crippen molar-refractivity contribution in [3.05, 3.63) is 77.1 Å². The number of thiazole rings is 1. The molecule has 0 saturated heterocycles. The number of carbonyl (C=O) groups excluding carboxylic acids is 1. The molecular weight excluding hydrogens is 368 g/mol. The van der Waals surface area contributed by atoms with Crippen molar-refractivity contribution in [2.24, 2.45) is 0 Å². The molecule has 2 aromatic carbocycles. The highest BCUT2D eigenvalue weighted by molar-refractivity contribution is 7.15. The van der Waals surface area contributed by atoms with E-state index in [1.807, 2.05) is 71.6 Å². The number of amides is 1. The molecule has 28 heavy (non-hydrogen) atoms. The summed E-state index contributed by atoms with van der Waals surface area (Å²) in [5.74, 6) is -0.115. The number of fused-ring (bicyclic) bond motifs is 2. The zero-order valence-electron chi connectivity index (χ0n) is 15.5. The van der Waals surface area contributed by atoms with Gasteiger partial charge in [0.05, 0.1) is 5.69 Å². The first-order valence-electron chi connectivity index (χ1n) is 9.01. The van der Waals surface area contributed by atoms with Crippen molar-refractivity contribution in [1.29, 1.82) is 0 Å². The van der Waals surface area contributed by atoms with Crippen LogP contribution in [0.2, 0.25) is 0 Å². The zero-order chi connectivity index (χ0) is 19.3. The Morgan fingerprint density at radius 2 is 1.96 bits per heavy atom. The van der Waals surface area contributed by atoms with E-state index in [9.17, 15) is 4.79 Å². The maximum absolute atomic E-state index is 12.7. The number of nitrogens with zero attached hydrogens (tertiary/aromatic N) is 2. The molecule has 0 aliphatic heterocycles. The molecule has 0 unspecified atom stereocenters. The lowest BCUT2D eigenvalue weighted by molar-refractivity contribution is 0.102. The fourth-order valence-electron chi connectivity index (χ4n) is 3.40. The van der Waals surface area contributed by atoms with Gasteiger partial charge in [0.2, 0.25) is 0 Å². The van der Waals surface area contributed by atoms with Crippen LogP contribution in [0.4, 0.5) is 5.69 Å². The first-order valence-corrected chi connectivity index (χ1v) is 9.89. The van der Waals surface area contributed by atoms with Gasteiger partial charge in [-0.2, -0.15) is 0 Å². The molecule has 0 aliphatic carbocycles. The number of aromatic amines is 1. The number of nitrogens with one attached hydrogen (secondary N) is 2. The topological polar surface area (TPSA) is 62.2 Å². The predicted molar refractivity (Wildman–Crippen MR) is 114 cm³/mol. The van der Waals surface area contributed by atoms with Gasteiger partial charge in [-0.05, 0) is 49.7 Å². The minimum absolute atomic E-state index is 0.115. The third-order valence-electron chi connectivity index (χ3n) is 5.10. The highest BCUT2D eigenvalue weighted by atomic mass is 32.1. The largest absolute Gasteiger partial charge is 0.358 e. The van der Waals surface area contributed by atoms with E-state index < -0.39 is 0 Å². The van der Waals surface area contributed by atoms with Crippen molar-refractivity contribution >= 4 is 38.8 Å². The summed E-state index contributed by atoms with van der Waals surface area (Å²) < 4.78 is 2.01. The normalized spacial score (nSPS) is 11.4. The van der Waals surface area contributed by atoms with Crippen molar-refractivity contribution in [3.63, 3.8) is 0 Å². The van der Waals surface area contributed by atoms with Gasteiger partial charge in [-0.1, -0.05) is 12.1 Å². The molecule has 0 radical (unpaired) electrons. The number of aryl methyl sites for hydroxylation is 2. The summed E-state index contributed by atoms with van der Waals surface area (Å²) in [5.41, 5.74) is 6.71. The second-order valence-electron chi connectivity index (χ2n) is 6.89. The van der Waals surface area contributed by atoms with Crippen LogP contribution in [0.3, 0.4) is 0 Å². The standard InChI is InChI=1S/C22H18N4OS/c1-13-14(2)23-19-8-5-16(11-18(13)19)21(27)24-17-6-3-15(4-7-17)20-12-26-9-10-28-22(26)25-20/h3-12,23H,1-2H3,(H,24,27). The Balaban J connectivity index is 1.37. The third kappa shape index (κ3) is 2.78. The maximum Gasteiger partial charge on any atom is 0.255 e. The van der Waals surface area contributed by atoms with Gasteiger partial charge in [-0.25, -0.2) is 4.98 Å². The first kappa shape index (κ1) is 16.8. The molecule has 3 heterocycles. The number of H-pyrrole nitrogens is 1. The Bertz CT molecular complexity index is 1300. The predicted octanol–water partition coefficient (Wildman–Crippen LogP) is 5.41. The number of imidazole rings is 1. The number of benzene rings is 2. The number of rotatable bonds is 3. The molecule has 5 aromatic rings. The molecule has 0 aliphatic rings. The lowest BCUT2D eigenvalue weighted by Crippen LogP contribution is -2.11. The van der Waals surface area contributed by atoms with Crippen LogP contribution in [0.15, 0.2) is 60.2 Å². The van der Waals surface area contributed by atoms with Crippen LogP contribution in [-0.4, -0.2) is 20.3 Å². The van der Waals surface area contributed by atoms with Crippen LogP contribution >= 0.6 is 11.3 Å². The number of hydrogen-bond donors (Lipinski definition) is 2. The monoisotopic (exact) mass is 386 g/mol. The molecule has 5 nitrogen and oxygen atoms in total. The van der Waals surface area contributed by atoms with Gasteiger partial charge in [0.1, 0.15) is 0 Å². The van der Waals surface area contributed by atoms with E-state index in [0.29, 0.717) is 5.56 Å². The fraction of sp³-hybridized carbons (Fsp3) is 0.0909. The SMILES string of the molecule is Cc1[nH]c2ccc(C(=O)Nc3ccc(-c4cn5ccsc5n4)cc3)cc2c1C. The quantitative estimate of drug-likeness (QED) is 0.435. The van der Waals surface area contributed by atoms with Gasteiger partial charge in [0.25, 0.3) is 5.91 Å². The Labute approximate surface area is 165 Å². The van der Waals surface area contributed by atoms with E-state index in [4.69, 9.17) is 0 Å². The molecule has 6 heteroatoms. The van der Waals surface area contributed by atoms with Crippen molar-refractivity contribution < 1.29 is 4.79 Å².